The molecule has 0 saturated carbocycles. The molecule has 4 heteroatoms. The molecule has 0 aromatic heterocycles. The van der Waals surface area contributed by atoms with Gasteiger partial charge in [-0.2, -0.15) is 0 Å². The highest BCUT2D eigenvalue weighted by Gasteiger charge is 2.08. The minimum atomic E-state index is -0.828. The Morgan fingerprint density at radius 2 is 1.65 bits per heavy atom. The Hall–Kier alpha value is -2.07. The van der Waals surface area contributed by atoms with Gasteiger partial charge in [0.1, 0.15) is 30.5 Å². The standard InChI is InChI=1S/C16H17FO3/c1-12(18)15-8-7-14(11-16(15)17)20-10-9-19-13-5-3-2-4-6-13/h2-8,11-12,18H,9-10H2,1H3. The van der Waals surface area contributed by atoms with Crippen molar-refractivity contribution in [3.63, 3.8) is 0 Å². The van der Waals surface area contributed by atoms with E-state index in [9.17, 15) is 9.50 Å². The summed E-state index contributed by atoms with van der Waals surface area (Å²) >= 11 is 0. The molecule has 0 aliphatic carbocycles. The van der Waals surface area contributed by atoms with E-state index in [0.29, 0.717) is 19.0 Å². The molecule has 1 unspecified atom stereocenters. The molecule has 2 rings (SSSR count). The number of para-hydroxylation sites is 1. The summed E-state index contributed by atoms with van der Waals surface area (Å²) in [5.41, 5.74) is 0.262. The van der Waals surface area contributed by atoms with Crippen molar-refractivity contribution >= 4 is 0 Å². The third-order valence-electron chi connectivity index (χ3n) is 2.79. The number of aliphatic hydroxyl groups excluding tert-OH is 1. The van der Waals surface area contributed by atoms with Crippen LogP contribution in [0.5, 0.6) is 11.5 Å². The normalized spacial score (nSPS) is 11.9. The lowest BCUT2D eigenvalue weighted by Gasteiger charge is -2.10. The summed E-state index contributed by atoms with van der Waals surface area (Å²) in [7, 11) is 0. The predicted molar refractivity (Wildman–Crippen MR) is 74.5 cm³/mol. The van der Waals surface area contributed by atoms with Gasteiger partial charge < -0.3 is 14.6 Å². The van der Waals surface area contributed by atoms with Crippen molar-refractivity contribution in [2.24, 2.45) is 0 Å². The first-order chi connectivity index (χ1) is 9.66. The topological polar surface area (TPSA) is 38.7 Å². The quantitative estimate of drug-likeness (QED) is 0.822. The second-order valence-corrected chi connectivity index (χ2v) is 4.37. The first kappa shape index (κ1) is 14.3. The third-order valence-corrected chi connectivity index (χ3v) is 2.79. The highest BCUT2D eigenvalue weighted by atomic mass is 19.1. The van der Waals surface area contributed by atoms with Gasteiger partial charge in [0.2, 0.25) is 0 Å². The van der Waals surface area contributed by atoms with Crippen LogP contribution in [0.15, 0.2) is 48.5 Å². The molecule has 106 valence electrons. The molecule has 0 aliphatic rings. The van der Waals surface area contributed by atoms with Crippen LogP contribution >= 0.6 is 0 Å². The molecule has 20 heavy (non-hydrogen) atoms. The van der Waals surface area contributed by atoms with Gasteiger partial charge in [-0.1, -0.05) is 18.2 Å². The van der Waals surface area contributed by atoms with Gasteiger partial charge in [-0.25, -0.2) is 4.39 Å². The van der Waals surface area contributed by atoms with Crippen LogP contribution in [0, 0.1) is 5.82 Å². The van der Waals surface area contributed by atoms with Gasteiger partial charge in [-0.15, -0.1) is 0 Å². The molecule has 2 aromatic carbocycles. The highest BCUT2D eigenvalue weighted by molar-refractivity contribution is 5.30. The Morgan fingerprint density at radius 1 is 1.00 bits per heavy atom. The van der Waals surface area contributed by atoms with E-state index in [1.165, 1.54) is 19.1 Å². The first-order valence-corrected chi connectivity index (χ1v) is 6.45. The number of hydrogen-bond acceptors (Lipinski definition) is 3. The third kappa shape index (κ3) is 3.96. The van der Waals surface area contributed by atoms with E-state index >= 15 is 0 Å². The maximum Gasteiger partial charge on any atom is 0.132 e. The van der Waals surface area contributed by atoms with Gasteiger partial charge in [0.05, 0.1) is 6.10 Å². The molecule has 0 fully saturated rings. The molecule has 0 aliphatic heterocycles. The van der Waals surface area contributed by atoms with E-state index in [2.05, 4.69) is 0 Å². The lowest BCUT2D eigenvalue weighted by Crippen LogP contribution is -2.09. The molecular formula is C16H17FO3. The van der Waals surface area contributed by atoms with E-state index in [1.54, 1.807) is 6.07 Å². The van der Waals surface area contributed by atoms with Gasteiger partial charge in [0, 0.05) is 11.6 Å². The Bertz CT molecular complexity index is 541. The van der Waals surface area contributed by atoms with Crippen LogP contribution in [0.4, 0.5) is 4.39 Å². The van der Waals surface area contributed by atoms with Crippen molar-refractivity contribution in [1.82, 2.24) is 0 Å². The molecule has 2 aromatic rings. The summed E-state index contributed by atoms with van der Waals surface area (Å²) in [6, 6.07) is 13.8. The maximum absolute atomic E-state index is 13.6. The summed E-state index contributed by atoms with van der Waals surface area (Å²) < 4.78 is 24.5. The van der Waals surface area contributed by atoms with Crippen LogP contribution < -0.4 is 9.47 Å². The number of rotatable bonds is 6. The van der Waals surface area contributed by atoms with E-state index < -0.39 is 11.9 Å². The summed E-state index contributed by atoms with van der Waals surface area (Å²) in [5.74, 6) is 0.719. The van der Waals surface area contributed by atoms with Crippen LogP contribution in [0.1, 0.15) is 18.6 Å². The molecule has 1 N–H and O–H groups in total. The van der Waals surface area contributed by atoms with Crippen molar-refractivity contribution in [3.05, 3.63) is 59.9 Å². The van der Waals surface area contributed by atoms with Crippen LogP contribution in [0.2, 0.25) is 0 Å². The summed E-state index contributed by atoms with van der Waals surface area (Å²) in [4.78, 5) is 0. The number of halogens is 1. The Kier molecular flexibility index (Phi) is 4.96. The van der Waals surface area contributed by atoms with Gasteiger partial charge in [-0.05, 0) is 31.2 Å². The minimum Gasteiger partial charge on any atom is -0.490 e. The molecule has 3 nitrogen and oxygen atoms in total. The fraction of sp³-hybridized carbons (Fsp3) is 0.250. The minimum absolute atomic E-state index is 0.262. The van der Waals surface area contributed by atoms with E-state index in [-0.39, 0.29) is 5.56 Å². The number of ether oxygens (including phenoxy) is 2. The number of hydrogen-bond donors (Lipinski definition) is 1. The zero-order chi connectivity index (χ0) is 14.4. The average molecular weight is 276 g/mol. The SMILES string of the molecule is CC(O)c1ccc(OCCOc2ccccc2)cc1F. The fourth-order valence-electron chi connectivity index (χ4n) is 1.77. The maximum atomic E-state index is 13.6. The molecule has 1 atom stereocenters. The summed E-state index contributed by atoms with van der Waals surface area (Å²) in [6.45, 7) is 2.22. The van der Waals surface area contributed by atoms with Crippen molar-refractivity contribution in [3.8, 4) is 11.5 Å². The van der Waals surface area contributed by atoms with Gasteiger partial charge in [-0.3, -0.25) is 0 Å². The molecule has 0 heterocycles. The largest absolute Gasteiger partial charge is 0.490 e. The smallest absolute Gasteiger partial charge is 0.132 e. The van der Waals surface area contributed by atoms with E-state index in [4.69, 9.17) is 9.47 Å². The Labute approximate surface area is 117 Å². The van der Waals surface area contributed by atoms with E-state index in [0.717, 1.165) is 5.75 Å². The van der Waals surface area contributed by atoms with Crippen molar-refractivity contribution < 1.29 is 19.0 Å². The summed E-state index contributed by atoms with van der Waals surface area (Å²) in [5, 5.41) is 9.33. The van der Waals surface area contributed by atoms with Gasteiger partial charge in [0.25, 0.3) is 0 Å². The van der Waals surface area contributed by atoms with Crippen LogP contribution in [0.3, 0.4) is 0 Å². The summed E-state index contributed by atoms with van der Waals surface area (Å²) in [6.07, 6.45) is -0.828. The molecule has 0 spiro atoms. The molecule has 0 radical (unpaired) electrons. The van der Waals surface area contributed by atoms with E-state index in [1.807, 2.05) is 30.3 Å². The lowest BCUT2D eigenvalue weighted by molar-refractivity contribution is 0.193. The van der Waals surface area contributed by atoms with Crippen LogP contribution in [-0.2, 0) is 0 Å². The van der Waals surface area contributed by atoms with Crippen molar-refractivity contribution in [2.75, 3.05) is 13.2 Å². The highest BCUT2D eigenvalue weighted by Crippen LogP contribution is 2.21. The van der Waals surface area contributed by atoms with Crippen molar-refractivity contribution in [1.29, 1.82) is 0 Å². The lowest BCUT2D eigenvalue weighted by atomic mass is 10.1. The fourth-order valence-corrected chi connectivity index (χ4v) is 1.77. The van der Waals surface area contributed by atoms with Crippen LogP contribution in [0.25, 0.3) is 0 Å². The monoisotopic (exact) mass is 276 g/mol. The molecule has 0 bridgehead atoms. The second-order valence-electron chi connectivity index (χ2n) is 4.37. The number of aliphatic hydroxyl groups is 1. The Balaban J connectivity index is 1.81. The second kappa shape index (κ2) is 6.91. The van der Waals surface area contributed by atoms with Gasteiger partial charge in [0.15, 0.2) is 0 Å². The van der Waals surface area contributed by atoms with Gasteiger partial charge >= 0.3 is 0 Å². The van der Waals surface area contributed by atoms with Crippen LogP contribution in [-0.4, -0.2) is 18.3 Å². The number of benzene rings is 2. The van der Waals surface area contributed by atoms with Crippen molar-refractivity contribution in [2.45, 2.75) is 13.0 Å². The molecule has 0 saturated heterocycles. The molecular weight excluding hydrogens is 259 g/mol. The zero-order valence-electron chi connectivity index (χ0n) is 11.3. The Morgan fingerprint density at radius 3 is 2.25 bits per heavy atom. The zero-order valence-corrected chi connectivity index (χ0v) is 11.3. The average Bonchev–Trinajstić information content (AvgIpc) is 2.44. The predicted octanol–water partition coefficient (Wildman–Crippen LogP) is 3.34. The molecule has 0 amide bonds. The first-order valence-electron chi connectivity index (χ1n) is 6.45.